The van der Waals surface area contributed by atoms with Crippen molar-refractivity contribution in [2.75, 3.05) is 20.3 Å². The van der Waals surface area contributed by atoms with Crippen LogP contribution in [0.15, 0.2) is 73.3 Å². The standard InChI is InChI=1S/C20H19BrN2O4S2/c1-27-13-5-12-23-19(24)18(14-15-8-10-16(21)11-9-15)28-20(23)22-29(25,26)17-6-3-2-4-7-17/h2-4,6-11,14H,5,12-13H2,1H3. The molecule has 1 fully saturated rings. The van der Waals surface area contributed by atoms with Crippen LogP contribution in [0.1, 0.15) is 12.0 Å². The summed E-state index contributed by atoms with van der Waals surface area (Å²) in [4.78, 5) is 14.8. The number of benzene rings is 2. The van der Waals surface area contributed by atoms with Crippen LogP contribution >= 0.6 is 27.7 Å². The van der Waals surface area contributed by atoms with Crippen LogP contribution in [0.25, 0.3) is 6.08 Å². The number of carbonyl (C=O) groups is 1. The number of thioether (sulfide) groups is 1. The van der Waals surface area contributed by atoms with Crippen LogP contribution in [-0.2, 0) is 19.6 Å². The third kappa shape index (κ3) is 5.57. The fraction of sp³-hybridized carbons (Fsp3) is 0.200. The largest absolute Gasteiger partial charge is 0.385 e. The van der Waals surface area contributed by atoms with E-state index < -0.39 is 10.0 Å². The molecule has 0 N–H and O–H groups in total. The molecule has 0 aromatic heterocycles. The number of ether oxygens (including phenoxy) is 1. The Morgan fingerprint density at radius 3 is 2.48 bits per heavy atom. The monoisotopic (exact) mass is 494 g/mol. The van der Waals surface area contributed by atoms with Gasteiger partial charge in [0.25, 0.3) is 15.9 Å². The summed E-state index contributed by atoms with van der Waals surface area (Å²) in [5.74, 6) is -0.268. The van der Waals surface area contributed by atoms with E-state index in [4.69, 9.17) is 4.74 Å². The predicted octanol–water partition coefficient (Wildman–Crippen LogP) is 4.15. The van der Waals surface area contributed by atoms with Crippen molar-refractivity contribution in [1.82, 2.24) is 4.90 Å². The van der Waals surface area contributed by atoms with Gasteiger partial charge in [-0.1, -0.05) is 46.3 Å². The number of carbonyl (C=O) groups excluding carboxylic acids is 1. The molecule has 0 saturated carbocycles. The van der Waals surface area contributed by atoms with E-state index in [1.807, 2.05) is 24.3 Å². The third-order valence-electron chi connectivity index (χ3n) is 4.03. The Morgan fingerprint density at radius 1 is 1.14 bits per heavy atom. The average molecular weight is 495 g/mol. The summed E-state index contributed by atoms with van der Waals surface area (Å²) in [6.07, 6.45) is 2.30. The zero-order valence-electron chi connectivity index (χ0n) is 15.6. The van der Waals surface area contributed by atoms with Gasteiger partial charge in [-0.15, -0.1) is 4.40 Å². The first-order valence-electron chi connectivity index (χ1n) is 8.76. The third-order valence-corrected chi connectivity index (χ3v) is 6.96. The van der Waals surface area contributed by atoms with Crippen LogP contribution in [0, 0.1) is 0 Å². The van der Waals surface area contributed by atoms with Gasteiger partial charge in [-0.05, 0) is 54.1 Å². The van der Waals surface area contributed by atoms with Gasteiger partial charge >= 0.3 is 0 Å². The van der Waals surface area contributed by atoms with Crippen molar-refractivity contribution in [1.29, 1.82) is 0 Å². The van der Waals surface area contributed by atoms with Gasteiger partial charge in [-0.25, -0.2) is 0 Å². The highest BCUT2D eigenvalue weighted by atomic mass is 79.9. The molecule has 29 heavy (non-hydrogen) atoms. The molecular weight excluding hydrogens is 476 g/mol. The molecule has 1 aliphatic heterocycles. The Kier molecular flexibility index (Phi) is 7.28. The lowest BCUT2D eigenvalue weighted by Crippen LogP contribution is -2.31. The summed E-state index contributed by atoms with van der Waals surface area (Å²) in [6, 6.07) is 15.5. The second-order valence-corrected chi connectivity index (χ2v) is 9.66. The van der Waals surface area contributed by atoms with Gasteiger partial charge in [0.2, 0.25) is 0 Å². The highest BCUT2D eigenvalue weighted by Gasteiger charge is 2.34. The van der Waals surface area contributed by atoms with Gasteiger partial charge in [-0.3, -0.25) is 9.69 Å². The van der Waals surface area contributed by atoms with Gasteiger partial charge < -0.3 is 4.74 Å². The number of sulfonamides is 1. The zero-order chi connectivity index (χ0) is 20.9. The maximum absolute atomic E-state index is 12.9. The normalized spacial score (nSPS) is 17.4. The van der Waals surface area contributed by atoms with Gasteiger partial charge in [0.1, 0.15) is 0 Å². The number of rotatable bonds is 7. The molecule has 1 amide bonds. The van der Waals surface area contributed by atoms with E-state index in [0.717, 1.165) is 21.8 Å². The Labute approximate surface area is 182 Å². The molecule has 1 heterocycles. The quantitative estimate of drug-likeness (QED) is 0.426. The van der Waals surface area contributed by atoms with Crippen molar-refractivity contribution in [2.24, 2.45) is 4.40 Å². The van der Waals surface area contributed by atoms with E-state index in [1.54, 1.807) is 31.4 Å². The zero-order valence-corrected chi connectivity index (χ0v) is 18.8. The molecule has 2 aromatic carbocycles. The first kappa shape index (κ1) is 21.8. The molecule has 0 unspecified atom stereocenters. The fourth-order valence-corrected chi connectivity index (χ4v) is 5.09. The minimum atomic E-state index is -3.92. The van der Waals surface area contributed by atoms with Crippen molar-refractivity contribution in [3.63, 3.8) is 0 Å². The average Bonchev–Trinajstić information content (AvgIpc) is 2.99. The molecule has 6 nitrogen and oxygen atoms in total. The molecule has 2 aromatic rings. The Morgan fingerprint density at radius 2 is 1.83 bits per heavy atom. The van der Waals surface area contributed by atoms with Gasteiger partial charge in [0.05, 0.1) is 9.80 Å². The summed E-state index contributed by atoms with van der Waals surface area (Å²) in [6.45, 7) is 0.777. The lowest BCUT2D eigenvalue weighted by atomic mass is 10.2. The summed E-state index contributed by atoms with van der Waals surface area (Å²) in [7, 11) is -2.35. The maximum Gasteiger partial charge on any atom is 0.284 e. The van der Waals surface area contributed by atoms with Crippen molar-refractivity contribution in [3.8, 4) is 0 Å². The first-order chi connectivity index (χ1) is 13.9. The lowest BCUT2D eigenvalue weighted by Gasteiger charge is -2.15. The second kappa shape index (κ2) is 9.71. The number of nitrogens with zero attached hydrogens (tertiary/aromatic N) is 2. The fourth-order valence-electron chi connectivity index (χ4n) is 2.60. The van der Waals surface area contributed by atoms with E-state index in [2.05, 4.69) is 20.3 Å². The van der Waals surface area contributed by atoms with Crippen molar-refractivity contribution >= 4 is 54.9 Å². The first-order valence-corrected chi connectivity index (χ1v) is 11.8. The van der Waals surface area contributed by atoms with Crippen LogP contribution < -0.4 is 0 Å². The van der Waals surface area contributed by atoms with E-state index in [0.29, 0.717) is 24.5 Å². The minimum Gasteiger partial charge on any atom is -0.385 e. The predicted molar refractivity (Wildman–Crippen MR) is 119 cm³/mol. The molecule has 3 rings (SSSR count). The number of amides is 1. The van der Waals surface area contributed by atoms with Crippen LogP contribution in [0.3, 0.4) is 0 Å². The number of amidine groups is 1. The molecule has 152 valence electrons. The Hall–Kier alpha value is -1.94. The van der Waals surface area contributed by atoms with E-state index >= 15 is 0 Å². The second-order valence-electron chi connectivity index (χ2n) is 6.13. The molecule has 0 aliphatic carbocycles. The molecule has 9 heteroatoms. The topological polar surface area (TPSA) is 76.0 Å². The van der Waals surface area contributed by atoms with Crippen molar-refractivity contribution in [2.45, 2.75) is 11.3 Å². The Balaban J connectivity index is 1.94. The van der Waals surface area contributed by atoms with Crippen molar-refractivity contribution < 1.29 is 17.9 Å². The minimum absolute atomic E-state index is 0.0859. The number of hydrogen-bond acceptors (Lipinski definition) is 5. The van der Waals surface area contributed by atoms with Gasteiger partial charge in [0, 0.05) is 24.7 Å². The highest BCUT2D eigenvalue weighted by molar-refractivity contribution is 9.10. The van der Waals surface area contributed by atoms with Crippen molar-refractivity contribution in [3.05, 3.63) is 69.5 Å². The molecule has 1 aliphatic rings. The Bertz CT molecular complexity index is 1040. The van der Waals surface area contributed by atoms with E-state index in [1.165, 1.54) is 17.0 Å². The molecule has 0 atom stereocenters. The smallest absolute Gasteiger partial charge is 0.284 e. The van der Waals surface area contributed by atoms with Crippen LogP contribution in [0.5, 0.6) is 0 Å². The SMILES string of the molecule is COCCCN1C(=O)C(=Cc2ccc(Br)cc2)SC1=NS(=O)(=O)c1ccccc1. The highest BCUT2D eigenvalue weighted by Crippen LogP contribution is 2.34. The summed E-state index contributed by atoms with van der Waals surface area (Å²) >= 11 is 4.44. The lowest BCUT2D eigenvalue weighted by molar-refractivity contribution is -0.122. The van der Waals surface area contributed by atoms with E-state index in [9.17, 15) is 13.2 Å². The van der Waals surface area contributed by atoms with Crippen LogP contribution in [-0.4, -0.2) is 44.7 Å². The maximum atomic E-state index is 12.9. The van der Waals surface area contributed by atoms with Gasteiger partial charge in [-0.2, -0.15) is 8.42 Å². The van der Waals surface area contributed by atoms with Crippen LogP contribution in [0.2, 0.25) is 0 Å². The molecule has 0 bridgehead atoms. The summed E-state index contributed by atoms with van der Waals surface area (Å²) in [5, 5.41) is 0.151. The molecule has 1 saturated heterocycles. The number of halogens is 1. The van der Waals surface area contributed by atoms with Gasteiger partial charge in [0.15, 0.2) is 5.17 Å². The molecular formula is C20H19BrN2O4S2. The molecule has 0 spiro atoms. The number of methoxy groups -OCH3 is 1. The number of hydrogen-bond donors (Lipinski definition) is 0. The summed E-state index contributed by atoms with van der Waals surface area (Å²) in [5.41, 5.74) is 0.841. The van der Waals surface area contributed by atoms with E-state index in [-0.39, 0.29) is 16.0 Å². The molecule has 0 radical (unpaired) electrons. The summed E-state index contributed by atoms with van der Waals surface area (Å²) < 4.78 is 35.3. The van der Waals surface area contributed by atoms with Crippen LogP contribution in [0.4, 0.5) is 0 Å².